The van der Waals surface area contributed by atoms with Gasteiger partial charge in [0.05, 0.1) is 32.5 Å². The van der Waals surface area contributed by atoms with Crippen molar-refractivity contribution < 1.29 is 14.2 Å². The van der Waals surface area contributed by atoms with Crippen molar-refractivity contribution in [3.8, 4) is 5.75 Å². The van der Waals surface area contributed by atoms with Crippen molar-refractivity contribution in [2.24, 2.45) is 0 Å². The van der Waals surface area contributed by atoms with Crippen LogP contribution in [-0.4, -0.2) is 40.6 Å². The molecule has 0 fully saturated rings. The summed E-state index contributed by atoms with van der Waals surface area (Å²) in [5, 5.41) is 3.27. The summed E-state index contributed by atoms with van der Waals surface area (Å²) in [6.45, 7) is 5.26. The van der Waals surface area contributed by atoms with Crippen LogP contribution in [0.2, 0.25) is 0 Å². The van der Waals surface area contributed by atoms with Crippen LogP contribution in [0, 0.1) is 6.92 Å². The average molecular weight is 267 g/mol. The van der Waals surface area contributed by atoms with Crippen LogP contribution in [-0.2, 0) is 9.47 Å². The number of rotatable bonds is 8. The van der Waals surface area contributed by atoms with Gasteiger partial charge in [0.25, 0.3) is 0 Å². The van der Waals surface area contributed by atoms with E-state index in [1.54, 1.807) is 14.2 Å². The quantitative estimate of drug-likeness (QED) is 0.784. The van der Waals surface area contributed by atoms with E-state index in [4.69, 9.17) is 14.2 Å². The van der Waals surface area contributed by atoms with Crippen molar-refractivity contribution in [1.82, 2.24) is 5.32 Å². The van der Waals surface area contributed by atoms with E-state index in [1.807, 2.05) is 26.1 Å². The van der Waals surface area contributed by atoms with E-state index in [9.17, 15) is 0 Å². The van der Waals surface area contributed by atoms with Gasteiger partial charge in [0.2, 0.25) is 0 Å². The molecule has 0 saturated heterocycles. The number of benzene rings is 1. The molecule has 0 bridgehead atoms. The Morgan fingerprint density at radius 2 is 1.95 bits per heavy atom. The Kier molecular flexibility index (Phi) is 6.84. The number of ether oxygens (including phenoxy) is 3. The highest BCUT2D eigenvalue weighted by molar-refractivity contribution is 5.39. The number of methoxy groups -OCH3 is 2. The average Bonchev–Trinajstić information content (AvgIpc) is 2.40. The fraction of sp³-hybridized carbons (Fsp3) is 0.600. The first-order valence-corrected chi connectivity index (χ1v) is 6.54. The Balaban J connectivity index is 2.76. The minimum atomic E-state index is 0.0802. The number of aryl methyl sites for hydroxylation is 1. The van der Waals surface area contributed by atoms with E-state index in [1.165, 1.54) is 5.56 Å². The van der Waals surface area contributed by atoms with E-state index < -0.39 is 0 Å². The summed E-state index contributed by atoms with van der Waals surface area (Å²) in [7, 11) is 5.30. The lowest BCUT2D eigenvalue weighted by molar-refractivity contribution is -0.00000268. The van der Waals surface area contributed by atoms with Crippen molar-refractivity contribution in [2.75, 3.05) is 34.5 Å². The zero-order chi connectivity index (χ0) is 14.3. The summed E-state index contributed by atoms with van der Waals surface area (Å²) in [6.07, 6.45) is 0.0802. The molecule has 0 aliphatic rings. The minimum absolute atomic E-state index is 0.0802. The van der Waals surface area contributed by atoms with Crippen molar-refractivity contribution in [1.29, 1.82) is 0 Å². The van der Waals surface area contributed by atoms with Crippen LogP contribution in [0.3, 0.4) is 0 Å². The van der Waals surface area contributed by atoms with Gasteiger partial charge in [-0.25, -0.2) is 0 Å². The van der Waals surface area contributed by atoms with Crippen LogP contribution >= 0.6 is 0 Å². The van der Waals surface area contributed by atoms with Crippen molar-refractivity contribution in [2.45, 2.75) is 26.0 Å². The molecule has 0 heterocycles. The number of hydrogen-bond donors (Lipinski definition) is 1. The maximum atomic E-state index is 5.79. The van der Waals surface area contributed by atoms with Gasteiger partial charge in [-0.05, 0) is 27.0 Å². The molecule has 0 radical (unpaired) electrons. The molecule has 1 aromatic carbocycles. The van der Waals surface area contributed by atoms with Crippen LogP contribution < -0.4 is 10.1 Å². The first-order valence-electron chi connectivity index (χ1n) is 6.54. The third-order valence-electron chi connectivity index (χ3n) is 3.06. The Labute approximate surface area is 116 Å². The van der Waals surface area contributed by atoms with E-state index in [-0.39, 0.29) is 12.1 Å². The highest BCUT2D eigenvalue weighted by Gasteiger charge is 2.16. The summed E-state index contributed by atoms with van der Waals surface area (Å²) in [6, 6.07) is 6.27. The normalized spacial score (nSPS) is 14.2. The summed E-state index contributed by atoms with van der Waals surface area (Å²) in [4.78, 5) is 0. The summed E-state index contributed by atoms with van der Waals surface area (Å²) < 4.78 is 16.3. The fourth-order valence-electron chi connectivity index (χ4n) is 2.00. The topological polar surface area (TPSA) is 39.7 Å². The molecule has 0 saturated carbocycles. The number of hydrogen-bond acceptors (Lipinski definition) is 4. The fourth-order valence-corrected chi connectivity index (χ4v) is 2.00. The smallest absolute Gasteiger partial charge is 0.123 e. The van der Waals surface area contributed by atoms with Crippen LogP contribution in [0.25, 0.3) is 0 Å². The highest BCUT2D eigenvalue weighted by atomic mass is 16.5. The van der Waals surface area contributed by atoms with Gasteiger partial charge in [-0.2, -0.15) is 0 Å². The third-order valence-corrected chi connectivity index (χ3v) is 3.06. The lowest BCUT2D eigenvalue weighted by Gasteiger charge is -2.22. The molecule has 0 spiro atoms. The lowest BCUT2D eigenvalue weighted by atomic mass is 10.0. The van der Waals surface area contributed by atoms with Crippen LogP contribution in [0.1, 0.15) is 24.1 Å². The second-order valence-corrected chi connectivity index (χ2v) is 4.69. The molecule has 0 aliphatic carbocycles. The van der Waals surface area contributed by atoms with E-state index >= 15 is 0 Å². The minimum Gasteiger partial charge on any atom is -0.496 e. The Morgan fingerprint density at radius 3 is 2.53 bits per heavy atom. The van der Waals surface area contributed by atoms with Crippen LogP contribution in [0.15, 0.2) is 18.2 Å². The second kappa shape index (κ2) is 8.15. The zero-order valence-corrected chi connectivity index (χ0v) is 12.5. The van der Waals surface area contributed by atoms with Gasteiger partial charge in [-0.1, -0.05) is 17.7 Å². The van der Waals surface area contributed by atoms with Crippen LogP contribution in [0.5, 0.6) is 5.75 Å². The van der Waals surface area contributed by atoms with E-state index in [0.29, 0.717) is 13.2 Å². The highest BCUT2D eigenvalue weighted by Crippen LogP contribution is 2.26. The maximum Gasteiger partial charge on any atom is 0.123 e. The molecule has 2 unspecified atom stereocenters. The number of likely N-dealkylation sites (N-methyl/N-ethyl adjacent to an activating group) is 1. The Morgan fingerprint density at radius 1 is 1.21 bits per heavy atom. The molecule has 19 heavy (non-hydrogen) atoms. The number of nitrogens with one attached hydrogen (secondary N) is 1. The predicted octanol–water partition coefficient (Wildman–Crippen LogP) is 2.32. The molecule has 1 N–H and O–H groups in total. The van der Waals surface area contributed by atoms with E-state index in [0.717, 1.165) is 11.3 Å². The predicted molar refractivity (Wildman–Crippen MR) is 76.8 cm³/mol. The van der Waals surface area contributed by atoms with Gasteiger partial charge in [-0.3, -0.25) is 0 Å². The molecule has 4 heteroatoms. The van der Waals surface area contributed by atoms with Crippen LogP contribution in [0.4, 0.5) is 0 Å². The monoisotopic (exact) mass is 267 g/mol. The third kappa shape index (κ3) is 4.82. The summed E-state index contributed by atoms with van der Waals surface area (Å²) in [5.41, 5.74) is 2.33. The molecule has 0 amide bonds. The molecular weight excluding hydrogens is 242 g/mol. The second-order valence-electron chi connectivity index (χ2n) is 4.69. The lowest BCUT2D eigenvalue weighted by Crippen LogP contribution is -2.26. The molecule has 0 aromatic heterocycles. The molecule has 1 aromatic rings. The van der Waals surface area contributed by atoms with Crippen molar-refractivity contribution >= 4 is 0 Å². The molecule has 1 rings (SSSR count). The largest absolute Gasteiger partial charge is 0.496 e. The standard InChI is InChI=1S/C15H25NO3/c1-11-6-7-15(18-5)13(8-11)14(16-3)10-19-12(2)9-17-4/h6-8,12,14,16H,9-10H2,1-5H3. The molecular formula is C15H25NO3. The Bertz CT molecular complexity index is 382. The summed E-state index contributed by atoms with van der Waals surface area (Å²) >= 11 is 0. The summed E-state index contributed by atoms with van der Waals surface area (Å²) in [5.74, 6) is 0.882. The zero-order valence-electron chi connectivity index (χ0n) is 12.5. The van der Waals surface area contributed by atoms with Gasteiger partial charge in [0, 0.05) is 12.7 Å². The van der Waals surface area contributed by atoms with Gasteiger partial charge in [0.15, 0.2) is 0 Å². The van der Waals surface area contributed by atoms with Crippen molar-refractivity contribution in [3.05, 3.63) is 29.3 Å². The van der Waals surface area contributed by atoms with Gasteiger partial charge < -0.3 is 19.5 Å². The molecule has 108 valence electrons. The SMILES string of the molecule is CNC(COC(C)COC)c1cc(C)ccc1OC. The molecule has 2 atom stereocenters. The first-order chi connectivity index (χ1) is 9.12. The van der Waals surface area contributed by atoms with Gasteiger partial charge in [0.1, 0.15) is 5.75 Å². The van der Waals surface area contributed by atoms with E-state index in [2.05, 4.69) is 18.3 Å². The first kappa shape index (κ1) is 16.0. The van der Waals surface area contributed by atoms with Gasteiger partial charge in [-0.15, -0.1) is 0 Å². The van der Waals surface area contributed by atoms with Crippen molar-refractivity contribution in [3.63, 3.8) is 0 Å². The molecule has 4 nitrogen and oxygen atoms in total. The van der Waals surface area contributed by atoms with Gasteiger partial charge >= 0.3 is 0 Å². The maximum absolute atomic E-state index is 5.79. The molecule has 0 aliphatic heterocycles. The Hall–Kier alpha value is -1.10.